The predicted molar refractivity (Wildman–Crippen MR) is 74.0 cm³/mol. The molecule has 6 nitrogen and oxygen atoms in total. The first-order valence-electron chi connectivity index (χ1n) is 5.91. The summed E-state index contributed by atoms with van der Waals surface area (Å²) >= 11 is 0. The molecule has 0 aromatic heterocycles. The Kier molecular flexibility index (Phi) is 4.13. The molecule has 2 rings (SSSR count). The summed E-state index contributed by atoms with van der Waals surface area (Å²) in [4.78, 5) is 22.2. The van der Waals surface area contributed by atoms with Crippen molar-refractivity contribution in [2.45, 2.75) is 0 Å². The maximum Gasteiger partial charge on any atom is 0.312 e. The Hall–Kier alpha value is -2.96. The Morgan fingerprint density at radius 3 is 2.62 bits per heavy atom. The number of nitrogens with one attached hydrogen (secondary N) is 1. The van der Waals surface area contributed by atoms with Crippen LogP contribution in [0, 0.1) is 15.9 Å². The van der Waals surface area contributed by atoms with Crippen molar-refractivity contribution in [3.05, 3.63) is 64.0 Å². The number of methoxy groups -OCH3 is 1. The predicted octanol–water partition coefficient (Wildman–Crippen LogP) is 2.99. The highest BCUT2D eigenvalue weighted by Gasteiger charge is 2.17. The molecule has 0 spiro atoms. The standard InChI is InChI=1S/C14H11FN2O4/c1-21-13-7-6-9(8-12(13)17(19)20)16-14(18)10-4-2-3-5-11(10)15/h2-8H,1H3,(H,16,18). The fourth-order valence-electron chi connectivity index (χ4n) is 1.75. The second kappa shape index (κ2) is 6.00. The van der Waals surface area contributed by atoms with Gasteiger partial charge in [-0.1, -0.05) is 12.1 Å². The molecule has 0 fully saturated rings. The van der Waals surface area contributed by atoms with Crippen molar-refractivity contribution in [1.82, 2.24) is 0 Å². The lowest BCUT2D eigenvalue weighted by molar-refractivity contribution is -0.385. The molecule has 0 saturated carbocycles. The molecule has 0 radical (unpaired) electrons. The number of carbonyl (C=O) groups is 1. The summed E-state index contributed by atoms with van der Waals surface area (Å²) in [5, 5.41) is 13.3. The average molecular weight is 290 g/mol. The van der Waals surface area contributed by atoms with Gasteiger partial charge in [0.1, 0.15) is 5.82 Å². The molecule has 1 amide bonds. The van der Waals surface area contributed by atoms with Gasteiger partial charge in [0.2, 0.25) is 0 Å². The minimum Gasteiger partial charge on any atom is -0.490 e. The minimum absolute atomic E-state index is 0.0730. The molecular weight excluding hydrogens is 279 g/mol. The van der Waals surface area contributed by atoms with E-state index in [9.17, 15) is 19.3 Å². The van der Waals surface area contributed by atoms with Crippen LogP contribution in [0.3, 0.4) is 0 Å². The Labute approximate surface area is 119 Å². The van der Waals surface area contributed by atoms with Crippen LogP contribution in [-0.4, -0.2) is 17.9 Å². The van der Waals surface area contributed by atoms with E-state index < -0.39 is 16.6 Å². The van der Waals surface area contributed by atoms with Gasteiger partial charge in [0.25, 0.3) is 5.91 Å². The van der Waals surface area contributed by atoms with E-state index in [1.807, 2.05) is 0 Å². The number of benzene rings is 2. The van der Waals surface area contributed by atoms with E-state index in [4.69, 9.17) is 4.74 Å². The Morgan fingerprint density at radius 1 is 1.29 bits per heavy atom. The van der Waals surface area contributed by atoms with Crippen LogP contribution < -0.4 is 10.1 Å². The van der Waals surface area contributed by atoms with Crippen molar-refractivity contribution in [2.24, 2.45) is 0 Å². The Morgan fingerprint density at radius 2 is 2.00 bits per heavy atom. The van der Waals surface area contributed by atoms with Crippen LogP contribution in [0.15, 0.2) is 42.5 Å². The number of amides is 1. The van der Waals surface area contributed by atoms with Crippen molar-refractivity contribution in [1.29, 1.82) is 0 Å². The summed E-state index contributed by atoms with van der Waals surface area (Å²) < 4.78 is 18.3. The van der Waals surface area contributed by atoms with Gasteiger partial charge in [-0.05, 0) is 24.3 Å². The van der Waals surface area contributed by atoms with E-state index in [0.717, 1.165) is 12.1 Å². The lowest BCUT2D eigenvalue weighted by Crippen LogP contribution is -2.13. The second-order valence-electron chi connectivity index (χ2n) is 4.08. The number of nitro benzene ring substituents is 1. The summed E-state index contributed by atoms with van der Waals surface area (Å²) in [7, 11) is 1.31. The summed E-state index contributed by atoms with van der Waals surface area (Å²) in [5.41, 5.74) is -0.254. The van der Waals surface area contributed by atoms with Gasteiger partial charge in [-0.2, -0.15) is 0 Å². The lowest BCUT2D eigenvalue weighted by atomic mass is 10.2. The highest BCUT2D eigenvalue weighted by molar-refractivity contribution is 6.04. The van der Waals surface area contributed by atoms with Crippen LogP contribution in [0.5, 0.6) is 5.75 Å². The zero-order valence-corrected chi connectivity index (χ0v) is 11.0. The van der Waals surface area contributed by atoms with E-state index in [1.165, 1.54) is 37.4 Å². The summed E-state index contributed by atoms with van der Waals surface area (Å²) in [6.07, 6.45) is 0. The third kappa shape index (κ3) is 3.14. The van der Waals surface area contributed by atoms with Crippen LogP contribution in [-0.2, 0) is 0 Å². The van der Waals surface area contributed by atoms with Crippen molar-refractivity contribution in [2.75, 3.05) is 12.4 Å². The van der Waals surface area contributed by atoms with E-state index in [-0.39, 0.29) is 22.7 Å². The number of carbonyl (C=O) groups excluding carboxylic acids is 1. The summed E-state index contributed by atoms with van der Waals surface area (Å²) in [6.45, 7) is 0. The largest absolute Gasteiger partial charge is 0.490 e. The second-order valence-corrected chi connectivity index (χ2v) is 4.08. The molecule has 0 saturated heterocycles. The normalized spacial score (nSPS) is 10.0. The van der Waals surface area contributed by atoms with Crippen molar-refractivity contribution in [3.8, 4) is 5.75 Å². The molecule has 0 aliphatic heterocycles. The highest BCUT2D eigenvalue weighted by atomic mass is 19.1. The van der Waals surface area contributed by atoms with Gasteiger partial charge in [0.15, 0.2) is 5.75 Å². The molecule has 0 heterocycles. The lowest BCUT2D eigenvalue weighted by Gasteiger charge is -2.07. The molecule has 0 bridgehead atoms. The van der Waals surface area contributed by atoms with Crippen molar-refractivity contribution < 1.29 is 18.8 Å². The molecular formula is C14H11FN2O4. The maximum atomic E-state index is 13.5. The SMILES string of the molecule is COc1ccc(NC(=O)c2ccccc2F)cc1[N+](=O)[O-]. The molecule has 0 unspecified atom stereocenters. The van der Waals surface area contributed by atoms with Crippen molar-refractivity contribution >= 4 is 17.3 Å². The molecule has 0 aliphatic carbocycles. The first-order valence-corrected chi connectivity index (χ1v) is 5.91. The van der Waals surface area contributed by atoms with Gasteiger partial charge in [-0.3, -0.25) is 14.9 Å². The smallest absolute Gasteiger partial charge is 0.312 e. The number of anilines is 1. The van der Waals surface area contributed by atoms with Crippen LogP contribution in [0.4, 0.5) is 15.8 Å². The topological polar surface area (TPSA) is 81.5 Å². The molecule has 1 N–H and O–H groups in total. The van der Waals surface area contributed by atoms with Gasteiger partial charge < -0.3 is 10.1 Å². The quantitative estimate of drug-likeness (QED) is 0.693. The zero-order chi connectivity index (χ0) is 15.4. The number of nitrogens with zero attached hydrogens (tertiary/aromatic N) is 1. The molecule has 2 aromatic rings. The minimum atomic E-state index is -0.687. The first kappa shape index (κ1) is 14.4. The molecule has 2 aromatic carbocycles. The van der Waals surface area contributed by atoms with Gasteiger partial charge in [-0.25, -0.2) is 4.39 Å². The van der Waals surface area contributed by atoms with Crippen LogP contribution in [0.1, 0.15) is 10.4 Å². The van der Waals surface area contributed by atoms with Gasteiger partial charge in [0.05, 0.1) is 17.6 Å². The average Bonchev–Trinajstić information content (AvgIpc) is 2.47. The molecule has 0 aliphatic rings. The molecule has 21 heavy (non-hydrogen) atoms. The number of hydrogen-bond acceptors (Lipinski definition) is 4. The van der Waals surface area contributed by atoms with Crippen molar-refractivity contribution in [3.63, 3.8) is 0 Å². The first-order chi connectivity index (χ1) is 10.0. The van der Waals surface area contributed by atoms with Crippen LogP contribution in [0.25, 0.3) is 0 Å². The monoisotopic (exact) mass is 290 g/mol. The molecule has 0 atom stereocenters. The Bertz CT molecular complexity index is 703. The number of ether oxygens (including phenoxy) is 1. The summed E-state index contributed by atoms with van der Waals surface area (Å²) in [6, 6.07) is 9.41. The van der Waals surface area contributed by atoms with E-state index in [1.54, 1.807) is 0 Å². The summed E-state index contributed by atoms with van der Waals surface area (Å²) in [5.74, 6) is -1.28. The number of rotatable bonds is 4. The third-order valence-electron chi connectivity index (χ3n) is 2.75. The Balaban J connectivity index is 2.28. The number of halogens is 1. The van der Waals surface area contributed by atoms with E-state index in [2.05, 4.69) is 5.32 Å². The van der Waals surface area contributed by atoms with E-state index >= 15 is 0 Å². The van der Waals surface area contributed by atoms with Gasteiger partial charge in [0, 0.05) is 11.8 Å². The third-order valence-corrected chi connectivity index (χ3v) is 2.75. The van der Waals surface area contributed by atoms with Crippen LogP contribution >= 0.6 is 0 Å². The number of hydrogen-bond donors (Lipinski definition) is 1. The molecule has 108 valence electrons. The maximum absolute atomic E-state index is 13.5. The van der Waals surface area contributed by atoms with Gasteiger partial charge in [-0.15, -0.1) is 0 Å². The molecule has 7 heteroatoms. The fourth-order valence-corrected chi connectivity index (χ4v) is 1.75. The van der Waals surface area contributed by atoms with E-state index in [0.29, 0.717) is 0 Å². The fraction of sp³-hybridized carbons (Fsp3) is 0.0714. The zero-order valence-electron chi connectivity index (χ0n) is 11.0. The van der Waals surface area contributed by atoms with Crippen LogP contribution in [0.2, 0.25) is 0 Å². The van der Waals surface area contributed by atoms with Gasteiger partial charge >= 0.3 is 5.69 Å². The highest BCUT2D eigenvalue weighted by Crippen LogP contribution is 2.29. The number of nitro groups is 1.